The predicted molar refractivity (Wildman–Crippen MR) is 116 cm³/mol. The van der Waals surface area contributed by atoms with Gasteiger partial charge in [0.25, 0.3) is 0 Å². The zero-order chi connectivity index (χ0) is 20.8. The highest BCUT2D eigenvalue weighted by Gasteiger charge is 2.58. The summed E-state index contributed by atoms with van der Waals surface area (Å²) >= 11 is 0. The third-order valence-electron chi connectivity index (χ3n) is 9.37. The smallest absolute Gasteiger partial charge is 0.302 e. The summed E-state index contributed by atoms with van der Waals surface area (Å²) in [5, 5.41) is 0. The van der Waals surface area contributed by atoms with Gasteiger partial charge in [-0.15, -0.1) is 0 Å². The SMILES string of the molecule is CCOC1=CC2=CCC3C(CCC4(C)C3CC[C@@H]4[C@H](C)COC(C)=O)C2(C)CC1. The van der Waals surface area contributed by atoms with Crippen molar-refractivity contribution in [2.45, 2.75) is 79.6 Å². The van der Waals surface area contributed by atoms with Crippen LogP contribution in [0.5, 0.6) is 0 Å². The number of rotatable bonds is 5. The zero-order valence-electron chi connectivity index (χ0n) is 19.1. The Labute approximate surface area is 177 Å². The summed E-state index contributed by atoms with van der Waals surface area (Å²) in [4.78, 5) is 11.3. The lowest BCUT2D eigenvalue weighted by Gasteiger charge is -2.57. The largest absolute Gasteiger partial charge is 0.498 e. The number of ether oxygens (including phenoxy) is 2. The van der Waals surface area contributed by atoms with Crippen LogP contribution in [-0.4, -0.2) is 19.2 Å². The van der Waals surface area contributed by atoms with E-state index in [2.05, 4.69) is 39.8 Å². The molecule has 162 valence electrons. The molecule has 0 bridgehead atoms. The lowest BCUT2D eigenvalue weighted by Crippen LogP contribution is -2.50. The van der Waals surface area contributed by atoms with Crippen LogP contribution in [0, 0.1) is 40.4 Å². The zero-order valence-corrected chi connectivity index (χ0v) is 19.1. The molecule has 0 N–H and O–H groups in total. The summed E-state index contributed by atoms with van der Waals surface area (Å²) in [6.45, 7) is 12.4. The fourth-order valence-electron chi connectivity index (χ4n) is 7.94. The molecule has 4 aliphatic rings. The number of allylic oxidation sites excluding steroid dienone is 4. The molecule has 0 aliphatic heterocycles. The predicted octanol–water partition coefficient (Wildman–Crippen LogP) is 6.29. The summed E-state index contributed by atoms with van der Waals surface area (Å²) in [5.41, 5.74) is 2.28. The van der Waals surface area contributed by atoms with Gasteiger partial charge in [-0.1, -0.05) is 26.8 Å². The Morgan fingerprint density at radius 3 is 2.72 bits per heavy atom. The Morgan fingerprint density at radius 2 is 2.00 bits per heavy atom. The first-order chi connectivity index (χ1) is 13.8. The van der Waals surface area contributed by atoms with Crippen molar-refractivity contribution in [2.75, 3.05) is 13.2 Å². The van der Waals surface area contributed by atoms with Crippen molar-refractivity contribution < 1.29 is 14.3 Å². The Balaban J connectivity index is 1.54. The lowest BCUT2D eigenvalue weighted by molar-refractivity contribution is -0.143. The van der Waals surface area contributed by atoms with Crippen molar-refractivity contribution in [1.82, 2.24) is 0 Å². The van der Waals surface area contributed by atoms with Crippen molar-refractivity contribution in [1.29, 1.82) is 0 Å². The van der Waals surface area contributed by atoms with E-state index in [1.165, 1.54) is 51.2 Å². The number of carbonyl (C=O) groups excluding carboxylic acids is 1. The van der Waals surface area contributed by atoms with E-state index in [1.54, 1.807) is 5.57 Å². The third kappa shape index (κ3) is 3.47. The maximum atomic E-state index is 11.3. The molecule has 2 saturated carbocycles. The highest BCUT2D eigenvalue weighted by atomic mass is 16.5. The van der Waals surface area contributed by atoms with Crippen LogP contribution in [0.1, 0.15) is 79.6 Å². The Kier molecular flexibility index (Phi) is 5.63. The van der Waals surface area contributed by atoms with Crippen LogP contribution >= 0.6 is 0 Å². The quantitative estimate of drug-likeness (QED) is 0.508. The van der Waals surface area contributed by atoms with Gasteiger partial charge in [-0.3, -0.25) is 4.79 Å². The number of fused-ring (bicyclic) bond motifs is 5. The van der Waals surface area contributed by atoms with Crippen molar-refractivity contribution in [3.63, 3.8) is 0 Å². The minimum atomic E-state index is -0.144. The molecule has 4 aliphatic carbocycles. The lowest BCUT2D eigenvalue weighted by atomic mass is 9.47. The molecule has 0 aromatic heterocycles. The second-order valence-electron chi connectivity index (χ2n) is 10.7. The molecule has 2 fully saturated rings. The molecule has 7 atom stereocenters. The molecule has 4 rings (SSSR count). The molecule has 5 unspecified atom stereocenters. The van der Waals surface area contributed by atoms with E-state index in [0.717, 1.165) is 30.8 Å². The van der Waals surface area contributed by atoms with E-state index >= 15 is 0 Å². The fourth-order valence-corrected chi connectivity index (χ4v) is 7.94. The first kappa shape index (κ1) is 21.0. The highest BCUT2D eigenvalue weighted by Crippen LogP contribution is 2.66. The van der Waals surface area contributed by atoms with Crippen LogP contribution in [0.15, 0.2) is 23.5 Å². The van der Waals surface area contributed by atoms with E-state index < -0.39 is 0 Å². The molecule has 3 heteroatoms. The van der Waals surface area contributed by atoms with Crippen LogP contribution in [0.2, 0.25) is 0 Å². The van der Waals surface area contributed by atoms with E-state index in [9.17, 15) is 4.79 Å². The second-order valence-corrected chi connectivity index (χ2v) is 10.7. The van der Waals surface area contributed by atoms with Crippen LogP contribution in [0.3, 0.4) is 0 Å². The summed E-state index contributed by atoms with van der Waals surface area (Å²) in [7, 11) is 0. The highest BCUT2D eigenvalue weighted by molar-refractivity contribution is 5.65. The number of esters is 1. The van der Waals surface area contributed by atoms with Crippen LogP contribution < -0.4 is 0 Å². The third-order valence-corrected chi connectivity index (χ3v) is 9.37. The van der Waals surface area contributed by atoms with Gasteiger partial charge in [-0.05, 0) is 97.5 Å². The number of carbonyl (C=O) groups is 1. The van der Waals surface area contributed by atoms with Gasteiger partial charge in [0.05, 0.1) is 19.0 Å². The van der Waals surface area contributed by atoms with Crippen molar-refractivity contribution >= 4 is 5.97 Å². The summed E-state index contributed by atoms with van der Waals surface area (Å²) in [5.74, 6) is 4.63. The maximum absolute atomic E-state index is 11.3. The first-order valence-corrected chi connectivity index (χ1v) is 12.0. The Morgan fingerprint density at radius 1 is 1.21 bits per heavy atom. The molecule has 0 radical (unpaired) electrons. The molecule has 0 aromatic carbocycles. The van der Waals surface area contributed by atoms with Gasteiger partial charge in [-0.25, -0.2) is 0 Å². The molecule has 3 nitrogen and oxygen atoms in total. The molecule has 0 saturated heterocycles. The van der Waals surface area contributed by atoms with Crippen LogP contribution in [0.25, 0.3) is 0 Å². The van der Waals surface area contributed by atoms with Crippen LogP contribution in [-0.2, 0) is 14.3 Å². The normalized spacial score (nSPS) is 42.0. The number of hydrogen-bond acceptors (Lipinski definition) is 3. The minimum absolute atomic E-state index is 0.144. The van der Waals surface area contributed by atoms with Gasteiger partial charge in [0.1, 0.15) is 0 Å². The molecule has 0 heterocycles. The van der Waals surface area contributed by atoms with Crippen LogP contribution in [0.4, 0.5) is 0 Å². The van der Waals surface area contributed by atoms with E-state index in [1.807, 2.05) is 0 Å². The van der Waals surface area contributed by atoms with E-state index in [-0.39, 0.29) is 5.97 Å². The first-order valence-electron chi connectivity index (χ1n) is 12.0. The standard InChI is InChI=1S/C26H40O3/c1-6-28-20-11-13-25(4)19(15-20)7-8-21-23-10-9-22(17(2)16-29-18(3)27)26(23,5)14-12-24(21)25/h7,15,17,21-24H,6,8-14,16H2,1-5H3/t17-,21?,22-,23?,24?,25?,26?/m1/s1. The van der Waals surface area contributed by atoms with Gasteiger partial charge in [0.15, 0.2) is 0 Å². The summed E-state index contributed by atoms with van der Waals surface area (Å²) < 4.78 is 11.3. The van der Waals surface area contributed by atoms with E-state index in [0.29, 0.717) is 29.3 Å². The van der Waals surface area contributed by atoms with Crippen molar-refractivity contribution in [2.24, 2.45) is 40.4 Å². The molecular formula is C26H40O3. The molecule has 0 spiro atoms. The molecule has 0 amide bonds. The van der Waals surface area contributed by atoms with Gasteiger partial charge in [0, 0.05) is 13.3 Å². The van der Waals surface area contributed by atoms with E-state index in [4.69, 9.17) is 9.47 Å². The Hall–Kier alpha value is -1.25. The summed E-state index contributed by atoms with van der Waals surface area (Å²) in [6, 6.07) is 0. The minimum Gasteiger partial charge on any atom is -0.498 e. The molecule has 29 heavy (non-hydrogen) atoms. The molecule has 0 aromatic rings. The maximum Gasteiger partial charge on any atom is 0.302 e. The average Bonchev–Trinajstić information content (AvgIpc) is 3.04. The monoisotopic (exact) mass is 400 g/mol. The fraction of sp³-hybridized carbons (Fsp3) is 0.808. The second kappa shape index (κ2) is 7.78. The van der Waals surface area contributed by atoms with Gasteiger partial charge >= 0.3 is 5.97 Å². The molecular weight excluding hydrogens is 360 g/mol. The van der Waals surface area contributed by atoms with Crippen molar-refractivity contribution in [3.8, 4) is 0 Å². The number of hydrogen-bond donors (Lipinski definition) is 0. The van der Waals surface area contributed by atoms with Gasteiger partial charge < -0.3 is 9.47 Å². The Bertz CT molecular complexity index is 707. The average molecular weight is 401 g/mol. The summed E-state index contributed by atoms with van der Waals surface area (Å²) in [6.07, 6.45) is 13.8. The van der Waals surface area contributed by atoms with Gasteiger partial charge in [0.2, 0.25) is 0 Å². The van der Waals surface area contributed by atoms with Crippen molar-refractivity contribution in [3.05, 3.63) is 23.5 Å². The van der Waals surface area contributed by atoms with Gasteiger partial charge in [-0.2, -0.15) is 0 Å². The topological polar surface area (TPSA) is 35.5 Å².